The van der Waals surface area contributed by atoms with Gasteiger partial charge >= 0.3 is 0 Å². The number of hydrogen-bond acceptors (Lipinski definition) is 7. The van der Waals surface area contributed by atoms with Crippen molar-refractivity contribution >= 4 is 5.82 Å². The number of hydrogen-bond donors (Lipinski definition) is 2. The molecule has 166 valence electrons. The minimum Gasteiger partial charge on any atom is -0.436 e. The number of fused-ring (bicyclic) bond motifs is 1. The van der Waals surface area contributed by atoms with E-state index >= 15 is 0 Å². The zero-order valence-electron chi connectivity index (χ0n) is 18.4. The summed E-state index contributed by atoms with van der Waals surface area (Å²) in [4.78, 5) is 13.1. The Morgan fingerprint density at radius 3 is 2.81 bits per heavy atom. The van der Waals surface area contributed by atoms with Gasteiger partial charge in [0.1, 0.15) is 12.1 Å². The summed E-state index contributed by atoms with van der Waals surface area (Å²) >= 11 is 0. The highest BCUT2D eigenvalue weighted by atomic mass is 19.1. The topological polar surface area (TPSA) is 65.5 Å². The van der Waals surface area contributed by atoms with E-state index in [4.69, 9.17) is 4.74 Å². The largest absolute Gasteiger partial charge is 0.436 e. The van der Waals surface area contributed by atoms with Crippen LogP contribution in [0, 0.1) is 0 Å². The van der Waals surface area contributed by atoms with Crippen LogP contribution in [0.15, 0.2) is 70.3 Å². The number of aromatic nitrogens is 2. The molecular formula is C24H27FN6O. The van der Waals surface area contributed by atoms with E-state index < -0.39 is 0 Å². The van der Waals surface area contributed by atoms with E-state index in [0.717, 1.165) is 50.4 Å². The van der Waals surface area contributed by atoms with Gasteiger partial charge in [0.2, 0.25) is 5.88 Å². The van der Waals surface area contributed by atoms with E-state index in [9.17, 15) is 4.39 Å². The molecule has 1 saturated heterocycles. The fourth-order valence-electron chi connectivity index (χ4n) is 4.33. The molecule has 2 N–H and O–H groups in total. The number of nitrogens with zero attached hydrogens (tertiary/aromatic N) is 4. The zero-order valence-corrected chi connectivity index (χ0v) is 18.4. The minimum atomic E-state index is -0.349. The van der Waals surface area contributed by atoms with Gasteiger partial charge in [-0.3, -0.25) is 0 Å². The molecule has 2 aliphatic heterocycles. The first-order valence-corrected chi connectivity index (χ1v) is 11.0. The second-order valence-corrected chi connectivity index (χ2v) is 8.53. The molecule has 1 aromatic rings. The van der Waals surface area contributed by atoms with Gasteiger partial charge in [-0.25, -0.2) is 14.4 Å². The molecule has 2 aliphatic carbocycles. The third-order valence-corrected chi connectivity index (χ3v) is 6.15. The lowest BCUT2D eigenvalue weighted by Crippen LogP contribution is -2.43. The normalized spacial score (nSPS) is 23.1. The lowest BCUT2D eigenvalue weighted by atomic mass is 9.99. The van der Waals surface area contributed by atoms with E-state index in [1.807, 2.05) is 13.0 Å². The van der Waals surface area contributed by atoms with Crippen molar-refractivity contribution in [1.82, 2.24) is 25.1 Å². The number of rotatable bonds is 5. The van der Waals surface area contributed by atoms with Crippen LogP contribution < -0.4 is 15.4 Å². The number of piperazine rings is 1. The standard InChI is InChI=1S/C24H27FN6O/c1-16-13-19-20(28-16)7-8-21(24(19)25)32-23-14-22(26-15-27-23)29-17-3-5-18(6-4-17)31-11-9-30(2)10-12-31/h8,13-15,20,28H,3,5,7,9-12H2,1-2H3,(H,26,27,29). The molecule has 8 heteroatoms. The predicted molar refractivity (Wildman–Crippen MR) is 120 cm³/mol. The van der Waals surface area contributed by atoms with Crippen LogP contribution >= 0.6 is 0 Å². The average Bonchev–Trinajstić information content (AvgIpc) is 3.18. The Kier molecular flexibility index (Phi) is 5.58. The van der Waals surface area contributed by atoms with Crippen LogP contribution in [-0.2, 0) is 0 Å². The molecule has 4 aliphatic rings. The summed E-state index contributed by atoms with van der Waals surface area (Å²) in [6.45, 7) is 6.14. The quantitative estimate of drug-likeness (QED) is 0.690. The Morgan fingerprint density at radius 2 is 2.03 bits per heavy atom. The van der Waals surface area contributed by atoms with Crippen LogP contribution in [0.4, 0.5) is 10.2 Å². The van der Waals surface area contributed by atoms with Crippen molar-refractivity contribution in [2.24, 2.45) is 0 Å². The number of anilines is 1. The maximum atomic E-state index is 14.9. The highest BCUT2D eigenvalue weighted by Crippen LogP contribution is 2.33. The maximum absolute atomic E-state index is 14.9. The molecule has 1 fully saturated rings. The van der Waals surface area contributed by atoms with Crippen molar-refractivity contribution in [2.75, 3.05) is 38.5 Å². The molecular weight excluding hydrogens is 407 g/mol. The van der Waals surface area contributed by atoms with Crippen LogP contribution in [-0.4, -0.2) is 59.0 Å². The van der Waals surface area contributed by atoms with Crippen LogP contribution in [0.3, 0.4) is 0 Å². The van der Waals surface area contributed by atoms with Gasteiger partial charge in [0.25, 0.3) is 0 Å². The summed E-state index contributed by atoms with van der Waals surface area (Å²) in [6.07, 6.45) is 7.42. The van der Waals surface area contributed by atoms with Gasteiger partial charge < -0.3 is 25.2 Å². The average molecular weight is 435 g/mol. The third kappa shape index (κ3) is 4.34. The summed E-state index contributed by atoms with van der Waals surface area (Å²) < 4.78 is 20.6. The second kappa shape index (κ2) is 8.67. The molecule has 3 heterocycles. The van der Waals surface area contributed by atoms with E-state index in [-0.39, 0.29) is 17.6 Å². The number of ether oxygens (including phenoxy) is 1. The molecule has 1 aromatic heterocycles. The fourth-order valence-corrected chi connectivity index (χ4v) is 4.33. The Balaban J connectivity index is 1.28. The molecule has 5 rings (SSSR count). The van der Waals surface area contributed by atoms with Crippen molar-refractivity contribution < 1.29 is 9.13 Å². The van der Waals surface area contributed by atoms with E-state index in [0.29, 0.717) is 23.7 Å². The molecule has 0 aromatic carbocycles. The molecule has 0 bridgehead atoms. The lowest BCUT2D eigenvalue weighted by molar-refractivity contribution is 0.182. The highest BCUT2D eigenvalue weighted by molar-refractivity contribution is 5.48. The van der Waals surface area contributed by atoms with Crippen molar-refractivity contribution in [3.63, 3.8) is 0 Å². The van der Waals surface area contributed by atoms with Gasteiger partial charge in [0.15, 0.2) is 11.6 Å². The van der Waals surface area contributed by atoms with Crippen molar-refractivity contribution in [3.8, 4) is 5.88 Å². The summed E-state index contributed by atoms with van der Waals surface area (Å²) in [6, 6.07) is 1.66. The van der Waals surface area contributed by atoms with Gasteiger partial charge in [-0.1, -0.05) is 0 Å². The lowest BCUT2D eigenvalue weighted by Gasteiger charge is -2.35. The van der Waals surface area contributed by atoms with Crippen LogP contribution in [0.5, 0.6) is 5.88 Å². The molecule has 7 nitrogen and oxygen atoms in total. The number of halogens is 1. The molecule has 0 spiro atoms. The smallest absolute Gasteiger partial charge is 0.224 e. The Labute approximate surface area is 187 Å². The molecule has 0 amide bonds. The molecule has 32 heavy (non-hydrogen) atoms. The maximum Gasteiger partial charge on any atom is 0.224 e. The van der Waals surface area contributed by atoms with Gasteiger partial charge in [-0.15, -0.1) is 0 Å². The van der Waals surface area contributed by atoms with Gasteiger partial charge in [0, 0.05) is 56.4 Å². The van der Waals surface area contributed by atoms with Gasteiger partial charge in [-0.05, 0) is 44.0 Å². The van der Waals surface area contributed by atoms with E-state index in [2.05, 4.69) is 48.9 Å². The summed E-state index contributed by atoms with van der Waals surface area (Å²) in [5.74, 6) is 0.732. The monoisotopic (exact) mass is 434 g/mol. The number of nitrogens with one attached hydrogen (secondary N) is 2. The summed E-state index contributed by atoms with van der Waals surface area (Å²) in [5.41, 5.74) is 10.3. The van der Waals surface area contributed by atoms with Crippen LogP contribution in [0.2, 0.25) is 0 Å². The fraction of sp³-hybridized carbons (Fsp3) is 0.417. The zero-order chi connectivity index (χ0) is 22.1. The van der Waals surface area contributed by atoms with Crippen LogP contribution in [0.25, 0.3) is 0 Å². The Hall–Kier alpha value is -3.31. The molecule has 1 atom stereocenters. The van der Waals surface area contributed by atoms with Crippen molar-refractivity contribution in [1.29, 1.82) is 0 Å². The van der Waals surface area contributed by atoms with Crippen molar-refractivity contribution in [3.05, 3.63) is 70.3 Å². The summed E-state index contributed by atoms with van der Waals surface area (Å²) in [7, 11) is 2.15. The first kappa shape index (κ1) is 20.6. The molecule has 1 unspecified atom stereocenters. The number of likely N-dealkylation sites (N-methyl/N-ethyl adjacent to an activating group) is 1. The SMILES string of the molecule is CC1=CC2=C(F)C(Oc3cc(NC4=C=C=C(N5CCN(C)CC5)CC4)ncn3)=CCC2N1. The third-order valence-electron chi connectivity index (χ3n) is 6.15. The predicted octanol–water partition coefficient (Wildman–Crippen LogP) is 3.22. The van der Waals surface area contributed by atoms with Crippen molar-refractivity contribution in [2.45, 2.75) is 32.2 Å². The highest BCUT2D eigenvalue weighted by Gasteiger charge is 2.29. The molecule has 0 radical (unpaired) electrons. The first-order chi connectivity index (χ1) is 15.5. The van der Waals surface area contributed by atoms with E-state index in [1.165, 1.54) is 12.0 Å². The molecule has 0 saturated carbocycles. The van der Waals surface area contributed by atoms with Crippen LogP contribution in [0.1, 0.15) is 26.2 Å². The van der Waals surface area contributed by atoms with E-state index in [1.54, 1.807) is 12.1 Å². The summed E-state index contributed by atoms with van der Waals surface area (Å²) in [5, 5.41) is 6.53. The minimum absolute atomic E-state index is 0.0150. The second-order valence-electron chi connectivity index (χ2n) is 8.53. The Bertz CT molecular complexity index is 1120. The Morgan fingerprint density at radius 1 is 1.19 bits per heavy atom. The van der Waals surface area contributed by atoms with Gasteiger partial charge in [-0.2, -0.15) is 0 Å². The first-order valence-electron chi connectivity index (χ1n) is 11.0. The van der Waals surface area contributed by atoms with Gasteiger partial charge in [0.05, 0.1) is 17.4 Å². The number of allylic oxidation sites excluding steroid dienone is 4.